The summed E-state index contributed by atoms with van der Waals surface area (Å²) >= 11 is 0. The molecular weight excluding hydrogens is 397 g/mol. The summed E-state index contributed by atoms with van der Waals surface area (Å²) in [4.78, 5) is 14.7. The van der Waals surface area contributed by atoms with Crippen molar-refractivity contribution in [2.75, 3.05) is 13.1 Å². The van der Waals surface area contributed by atoms with Gasteiger partial charge in [0.2, 0.25) is 0 Å². The number of likely N-dealkylation sites (tertiary alicyclic amines) is 1. The first kappa shape index (κ1) is 24.5. The monoisotopic (exact) mass is 427 g/mol. The van der Waals surface area contributed by atoms with E-state index in [0.717, 1.165) is 23.9 Å². The number of amides is 1. The van der Waals surface area contributed by atoms with Gasteiger partial charge in [-0.05, 0) is 35.4 Å². The normalized spacial score (nSPS) is 19.4. The van der Waals surface area contributed by atoms with E-state index in [0.29, 0.717) is 24.4 Å². The third-order valence-electron chi connectivity index (χ3n) is 4.94. The molecule has 0 bridgehead atoms. The molecule has 156 valence electrons. The van der Waals surface area contributed by atoms with Gasteiger partial charge in [0.25, 0.3) is 5.91 Å². The van der Waals surface area contributed by atoms with E-state index in [4.69, 9.17) is 10.2 Å². The third kappa shape index (κ3) is 6.82. The number of carbonyl (C=O) groups is 1. The van der Waals surface area contributed by atoms with Crippen molar-refractivity contribution in [1.82, 2.24) is 10.2 Å². The molecule has 1 aromatic heterocycles. The molecular formula is C21H31Cl2N3O2. The lowest BCUT2D eigenvalue weighted by molar-refractivity contribution is 0.0950. The lowest BCUT2D eigenvalue weighted by Crippen LogP contribution is -2.38. The summed E-state index contributed by atoms with van der Waals surface area (Å²) in [5, 5.41) is 2.91. The number of halogens is 2. The summed E-state index contributed by atoms with van der Waals surface area (Å²) in [6.07, 6.45) is 2.78. The third-order valence-corrected chi connectivity index (χ3v) is 4.94. The fraction of sp³-hybridized carbons (Fsp3) is 0.476. The van der Waals surface area contributed by atoms with E-state index in [1.165, 1.54) is 31.3 Å². The van der Waals surface area contributed by atoms with Crippen LogP contribution in [0.5, 0.6) is 0 Å². The van der Waals surface area contributed by atoms with Crippen LogP contribution in [0.2, 0.25) is 0 Å². The van der Waals surface area contributed by atoms with Crippen molar-refractivity contribution in [3.63, 3.8) is 0 Å². The van der Waals surface area contributed by atoms with Gasteiger partial charge in [0.05, 0.1) is 12.1 Å². The van der Waals surface area contributed by atoms with E-state index in [2.05, 4.69) is 48.3 Å². The van der Waals surface area contributed by atoms with Gasteiger partial charge < -0.3 is 15.5 Å². The van der Waals surface area contributed by atoms with E-state index < -0.39 is 0 Å². The van der Waals surface area contributed by atoms with Crippen LogP contribution in [0.15, 0.2) is 41.0 Å². The highest BCUT2D eigenvalue weighted by atomic mass is 35.5. The van der Waals surface area contributed by atoms with Crippen LogP contribution in [0.4, 0.5) is 0 Å². The number of carbonyl (C=O) groups excluding carboxylic acids is 1. The zero-order valence-electron chi connectivity index (χ0n) is 16.5. The SMILES string of the molecule is CC1CC(C)CN(Cc2ccc(CNC(=O)c3coc(CN)c3)cc2)C1.Cl.Cl. The highest BCUT2D eigenvalue weighted by Gasteiger charge is 2.21. The average Bonchev–Trinajstić information content (AvgIpc) is 3.09. The van der Waals surface area contributed by atoms with Gasteiger partial charge in [-0.1, -0.05) is 38.1 Å². The molecule has 3 N–H and O–H groups in total. The minimum Gasteiger partial charge on any atom is -0.467 e. The summed E-state index contributed by atoms with van der Waals surface area (Å²) in [6.45, 7) is 8.83. The van der Waals surface area contributed by atoms with Crippen LogP contribution in [0.1, 0.15) is 47.5 Å². The van der Waals surface area contributed by atoms with Gasteiger partial charge >= 0.3 is 0 Å². The van der Waals surface area contributed by atoms with Crippen LogP contribution < -0.4 is 11.1 Å². The minimum atomic E-state index is -0.145. The number of hydrogen-bond acceptors (Lipinski definition) is 4. The molecule has 0 aliphatic carbocycles. The molecule has 28 heavy (non-hydrogen) atoms. The maximum absolute atomic E-state index is 12.1. The molecule has 1 aliphatic rings. The molecule has 2 atom stereocenters. The summed E-state index contributed by atoms with van der Waals surface area (Å²) in [5.74, 6) is 2.02. The van der Waals surface area contributed by atoms with E-state index in [1.807, 2.05) is 0 Å². The molecule has 2 heterocycles. The number of nitrogens with zero attached hydrogens (tertiary/aromatic N) is 1. The first-order valence-electron chi connectivity index (χ1n) is 9.39. The quantitative estimate of drug-likeness (QED) is 0.730. The van der Waals surface area contributed by atoms with Crippen LogP contribution in [-0.2, 0) is 19.6 Å². The Labute approximate surface area is 179 Å². The van der Waals surface area contributed by atoms with Crippen LogP contribution in [0.25, 0.3) is 0 Å². The second-order valence-corrected chi connectivity index (χ2v) is 7.65. The summed E-state index contributed by atoms with van der Waals surface area (Å²) in [5.41, 5.74) is 8.42. The second-order valence-electron chi connectivity index (χ2n) is 7.65. The minimum absolute atomic E-state index is 0. The van der Waals surface area contributed by atoms with E-state index in [1.54, 1.807) is 6.07 Å². The maximum Gasteiger partial charge on any atom is 0.254 e. The van der Waals surface area contributed by atoms with Crippen molar-refractivity contribution in [3.8, 4) is 0 Å². The Balaban J connectivity index is 0.00000196. The Bertz CT molecular complexity index is 724. The fourth-order valence-corrected chi connectivity index (χ4v) is 3.83. The zero-order valence-corrected chi connectivity index (χ0v) is 18.2. The second kappa shape index (κ2) is 11.5. The van der Waals surface area contributed by atoms with Crippen LogP contribution in [0.3, 0.4) is 0 Å². The molecule has 1 aromatic carbocycles. The predicted octanol–water partition coefficient (Wildman–Crippen LogP) is 3.99. The number of nitrogens with one attached hydrogen (secondary N) is 1. The van der Waals surface area contributed by atoms with Gasteiger partial charge in [-0.25, -0.2) is 0 Å². The number of furan rings is 1. The van der Waals surface area contributed by atoms with E-state index in [-0.39, 0.29) is 30.7 Å². The predicted molar refractivity (Wildman–Crippen MR) is 117 cm³/mol. The molecule has 7 heteroatoms. The highest BCUT2D eigenvalue weighted by Crippen LogP contribution is 2.22. The van der Waals surface area contributed by atoms with Crippen molar-refractivity contribution in [2.24, 2.45) is 17.6 Å². The van der Waals surface area contributed by atoms with Crippen molar-refractivity contribution >= 4 is 30.7 Å². The van der Waals surface area contributed by atoms with Gasteiger partial charge in [0, 0.05) is 26.2 Å². The summed E-state index contributed by atoms with van der Waals surface area (Å²) < 4.78 is 5.20. The molecule has 2 unspecified atom stereocenters. The summed E-state index contributed by atoms with van der Waals surface area (Å²) in [6, 6.07) is 10.2. The number of piperidine rings is 1. The Morgan fingerprint density at radius 1 is 1.14 bits per heavy atom. The van der Waals surface area contributed by atoms with E-state index in [9.17, 15) is 4.79 Å². The molecule has 1 fully saturated rings. The number of hydrogen-bond donors (Lipinski definition) is 2. The molecule has 1 saturated heterocycles. The van der Waals surface area contributed by atoms with E-state index >= 15 is 0 Å². The molecule has 5 nitrogen and oxygen atoms in total. The molecule has 1 amide bonds. The molecule has 0 spiro atoms. The molecule has 2 aromatic rings. The summed E-state index contributed by atoms with van der Waals surface area (Å²) in [7, 11) is 0. The largest absolute Gasteiger partial charge is 0.467 e. The van der Waals surface area contributed by atoms with Gasteiger partial charge in [-0.15, -0.1) is 24.8 Å². The number of nitrogens with two attached hydrogens (primary N) is 1. The highest BCUT2D eigenvalue weighted by molar-refractivity contribution is 5.93. The average molecular weight is 428 g/mol. The molecule has 0 radical (unpaired) electrons. The Morgan fingerprint density at radius 2 is 1.75 bits per heavy atom. The van der Waals surface area contributed by atoms with Crippen molar-refractivity contribution in [2.45, 2.75) is 39.9 Å². The molecule has 3 rings (SSSR count). The smallest absolute Gasteiger partial charge is 0.254 e. The van der Waals surface area contributed by atoms with Gasteiger partial charge in [0.15, 0.2) is 0 Å². The number of benzene rings is 1. The Morgan fingerprint density at radius 3 is 2.32 bits per heavy atom. The fourth-order valence-electron chi connectivity index (χ4n) is 3.83. The van der Waals surface area contributed by atoms with Crippen molar-refractivity contribution < 1.29 is 9.21 Å². The standard InChI is InChI=1S/C21H29N3O2.2ClH/c1-15-7-16(2)12-24(11-15)13-18-5-3-17(4-6-18)10-23-21(25)19-8-20(9-22)26-14-19;;/h3-6,8,14-16H,7,9-13,22H2,1-2H3,(H,23,25);2*1H. The molecule has 1 aliphatic heterocycles. The van der Waals surface area contributed by atoms with Crippen LogP contribution in [-0.4, -0.2) is 23.9 Å². The lowest BCUT2D eigenvalue weighted by Gasteiger charge is -2.35. The van der Waals surface area contributed by atoms with Crippen LogP contribution in [0, 0.1) is 11.8 Å². The maximum atomic E-state index is 12.1. The van der Waals surface area contributed by atoms with Gasteiger partial charge in [0.1, 0.15) is 12.0 Å². The zero-order chi connectivity index (χ0) is 18.5. The number of rotatable bonds is 6. The lowest BCUT2D eigenvalue weighted by atomic mass is 9.91. The van der Waals surface area contributed by atoms with Crippen LogP contribution >= 0.6 is 24.8 Å². The van der Waals surface area contributed by atoms with Crippen molar-refractivity contribution in [3.05, 3.63) is 59.0 Å². The first-order valence-corrected chi connectivity index (χ1v) is 9.39. The Kier molecular flexibility index (Phi) is 10.0. The van der Waals surface area contributed by atoms with Gasteiger partial charge in [-0.3, -0.25) is 9.69 Å². The first-order chi connectivity index (χ1) is 12.5. The van der Waals surface area contributed by atoms with Crippen molar-refractivity contribution in [1.29, 1.82) is 0 Å². The van der Waals surface area contributed by atoms with Gasteiger partial charge in [-0.2, -0.15) is 0 Å². The topological polar surface area (TPSA) is 71.5 Å². The Hall–Kier alpha value is -1.53. The molecule has 0 saturated carbocycles.